The molecule has 1 aromatic rings. The lowest BCUT2D eigenvalue weighted by Gasteiger charge is -2.41. The molecule has 1 aromatic carbocycles. The number of para-hydroxylation sites is 1. The van der Waals surface area contributed by atoms with Crippen LogP contribution >= 0.6 is 0 Å². The summed E-state index contributed by atoms with van der Waals surface area (Å²) in [5.41, 5.74) is 14.3. The minimum atomic E-state index is -0.698. The van der Waals surface area contributed by atoms with Crippen molar-refractivity contribution in [1.82, 2.24) is 5.32 Å². The van der Waals surface area contributed by atoms with Gasteiger partial charge in [-0.05, 0) is 30.5 Å². The number of carbonyl (C=O) groups excluding carboxylic acids is 1. The Kier molecular flexibility index (Phi) is 5.03. The highest BCUT2D eigenvalue weighted by atomic mass is 16.1. The Hall–Kier alpha value is -2.24. The van der Waals surface area contributed by atoms with Crippen LogP contribution in [0.4, 0.5) is 5.69 Å². The lowest BCUT2D eigenvalue weighted by molar-refractivity contribution is -0.125. The first-order valence-corrected chi connectivity index (χ1v) is 7.04. The predicted molar refractivity (Wildman–Crippen MR) is 81.8 cm³/mol. The summed E-state index contributed by atoms with van der Waals surface area (Å²) in [7, 11) is 0. The summed E-state index contributed by atoms with van der Waals surface area (Å²) in [5, 5.41) is 6.64. The van der Waals surface area contributed by atoms with Gasteiger partial charge in [0.15, 0.2) is 0 Å². The number of nitrogens with two attached hydrogens (primary N) is 1. The molecule has 3 N–H and O–H groups in total. The van der Waals surface area contributed by atoms with Crippen molar-refractivity contribution in [2.45, 2.75) is 18.4 Å². The SMILES string of the molecule is [N-]=[N+]=NCCNC1(C(N)=O)CCN(c2ccccc2)CC1. The minimum absolute atomic E-state index is 0.313. The van der Waals surface area contributed by atoms with E-state index in [4.69, 9.17) is 11.3 Å². The van der Waals surface area contributed by atoms with Crippen LogP contribution in [0, 0.1) is 0 Å². The number of azide groups is 1. The fourth-order valence-electron chi connectivity index (χ4n) is 2.69. The third-order valence-electron chi connectivity index (χ3n) is 3.95. The molecule has 1 aliphatic heterocycles. The van der Waals surface area contributed by atoms with Crippen molar-refractivity contribution < 1.29 is 4.79 Å². The van der Waals surface area contributed by atoms with Gasteiger partial charge in [-0.1, -0.05) is 23.3 Å². The van der Waals surface area contributed by atoms with Gasteiger partial charge in [-0.15, -0.1) is 0 Å². The fraction of sp³-hybridized carbons (Fsp3) is 0.500. The van der Waals surface area contributed by atoms with Crippen LogP contribution in [0.3, 0.4) is 0 Å². The first kappa shape index (κ1) is 15.2. The average molecular weight is 288 g/mol. The van der Waals surface area contributed by atoms with E-state index in [9.17, 15) is 4.79 Å². The molecule has 1 fully saturated rings. The Balaban J connectivity index is 1.97. The van der Waals surface area contributed by atoms with E-state index in [2.05, 4.69) is 32.4 Å². The second-order valence-corrected chi connectivity index (χ2v) is 5.15. The zero-order valence-electron chi connectivity index (χ0n) is 11.9. The molecule has 0 bridgehead atoms. The van der Waals surface area contributed by atoms with Crippen LogP contribution in [-0.4, -0.2) is 37.6 Å². The van der Waals surface area contributed by atoms with E-state index in [0.29, 0.717) is 25.9 Å². The van der Waals surface area contributed by atoms with E-state index in [1.54, 1.807) is 0 Å². The Morgan fingerprint density at radius 2 is 2.05 bits per heavy atom. The predicted octanol–water partition coefficient (Wildman–Crippen LogP) is 1.41. The molecular formula is C14H20N6O. The maximum Gasteiger partial charge on any atom is 0.237 e. The van der Waals surface area contributed by atoms with Crippen LogP contribution in [0.1, 0.15) is 12.8 Å². The fourth-order valence-corrected chi connectivity index (χ4v) is 2.69. The molecule has 1 amide bonds. The summed E-state index contributed by atoms with van der Waals surface area (Å²) in [6, 6.07) is 10.1. The zero-order valence-corrected chi connectivity index (χ0v) is 11.9. The van der Waals surface area contributed by atoms with E-state index in [1.165, 1.54) is 0 Å². The van der Waals surface area contributed by atoms with Crippen LogP contribution in [0.25, 0.3) is 10.4 Å². The van der Waals surface area contributed by atoms with Gasteiger partial charge in [-0.2, -0.15) is 0 Å². The van der Waals surface area contributed by atoms with Crippen molar-refractivity contribution in [3.63, 3.8) is 0 Å². The molecule has 1 aliphatic rings. The molecule has 112 valence electrons. The first-order chi connectivity index (χ1) is 10.2. The number of hydrogen-bond acceptors (Lipinski definition) is 4. The van der Waals surface area contributed by atoms with Crippen LogP contribution in [0.15, 0.2) is 35.4 Å². The number of carbonyl (C=O) groups is 1. The zero-order chi connectivity index (χ0) is 15.1. The maximum atomic E-state index is 11.8. The van der Waals surface area contributed by atoms with Crippen LogP contribution in [0.5, 0.6) is 0 Å². The van der Waals surface area contributed by atoms with Gasteiger partial charge in [0.1, 0.15) is 5.54 Å². The molecule has 1 heterocycles. The van der Waals surface area contributed by atoms with Gasteiger partial charge >= 0.3 is 0 Å². The van der Waals surface area contributed by atoms with E-state index >= 15 is 0 Å². The highest BCUT2D eigenvalue weighted by Gasteiger charge is 2.39. The molecule has 0 radical (unpaired) electrons. The molecule has 0 unspecified atom stereocenters. The number of rotatable bonds is 6. The van der Waals surface area contributed by atoms with E-state index in [0.717, 1.165) is 18.8 Å². The molecule has 7 nitrogen and oxygen atoms in total. The quantitative estimate of drug-likeness (QED) is 0.357. The molecule has 1 saturated heterocycles. The molecule has 21 heavy (non-hydrogen) atoms. The molecule has 0 aliphatic carbocycles. The van der Waals surface area contributed by atoms with Gasteiger partial charge in [0, 0.05) is 36.8 Å². The Labute approximate surface area is 123 Å². The second-order valence-electron chi connectivity index (χ2n) is 5.15. The molecule has 0 saturated carbocycles. The summed E-state index contributed by atoms with van der Waals surface area (Å²) in [6.07, 6.45) is 1.29. The minimum Gasteiger partial charge on any atom is -0.371 e. The standard InChI is InChI=1S/C14H20N6O/c15-13(21)14(17-8-9-18-19-16)6-10-20(11-7-14)12-4-2-1-3-5-12/h1-5,17H,6-11H2,(H2,15,21). The average Bonchev–Trinajstić information content (AvgIpc) is 2.53. The third-order valence-corrected chi connectivity index (χ3v) is 3.95. The monoisotopic (exact) mass is 288 g/mol. The summed E-state index contributed by atoms with van der Waals surface area (Å²) in [6.45, 7) is 2.30. The summed E-state index contributed by atoms with van der Waals surface area (Å²) >= 11 is 0. The molecule has 0 aromatic heterocycles. The van der Waals surface area contributed by atoms with Crippen molar-refractivity contribution in [2.24, 2.45) is 10.8 Å². The largest absolute Gasteiger partial charge is 0.371 e. The van der Waals surface area contributed by atoms with E-state index < -0.39 is 5.54 Å². The lowest BCUT2D eigenvalue weighted by Crippen LogP contribution is -2.61. The Morgan fingerprint density at radius 3 is 2.62 bits per heavy atom. The van der Waals surface area contributed by atoms with Gasteiger partial charge in [-0.25, -0.2) is 0 Å². The lowest BCUT2D eigenvalue weighted by atomic mass is 9.86. The van der Waals surface area contributed by atoms with Gasteiger partial charge in [0.25, 0.3) is 0 Å². The van der Waals surface area contributed by atoms with E-state index in [-0.39, 0.29) is 5.91 Å². The molecular weight excluding hydrogens is 268 g/mol. The maximum absolute atomic E-state index is 11.8. The third kappa shape index (κ3) is 3.65. The number of amides is 1. The number of anilines is 1. The number of nitrogens with zero attached hydrogens (tertiary/aromatic N) is 4. The highest BCUT2D eigenvalue weighted by molar-refractivity contribution is 5.85. The number of primary amides is 1. The summed E-state index contributed by atoms with van der Waals surface area (Å²) in [4.78, 5) is 16.8. The number of hydrogen-bond donors (Lipinski definition) is 2. The van der Waals surface area contributed by atoms with Crippen LogP contribution < -0.4 is 16.0 Å². The summed E-state index contributed by atoms with van der Waals surface area (Å²) in [5.74, 6) is -0.337. The van der Waals surface area contributed by atoms with Crippen LogP contribution in [-0.2, 0) is 4.79 Å². The van der Waals surface area contributed by atoms with Crippen molar-refractivity contribution in [1.29, 1.82) is 0 Å². The Bertz CT molecular complexity index is 518. The van der Waals surface area contributed by atoms with Crippen molar-refractivity contribution in [3.8, 4) is 0 Å². The first-order valence-electron chi connectivity index (χ1n) is 7.04. The van der Waals surface area contributed by atoms with Gasteiger partial charge in [0.05, 0.1) is 0 Å². The number of piperidine rings is 1. The molecule has 2 rings (SSSR count). The molecule has 0 spiro atoms. The van der Waals surface area contributed by atoms with Gasteiger partial charge < -0.3 is 16.0 Å². The number of nitrogens with one attached hydrogen (secondary N) is 1. The van der Waals surface area contributed by atoms with E-state index in [1.807, 2.05) is 18.2 Å². The van der Waals surface area contributed by atoms with Crippen LogP contribution in [0.2, 0.25) is 0 Å². The van der Waals surface area contributed by atoms with Gasteiger partial charge in [0.2, 0.25) is 5.91 Å². The van der Waals surface area contributed by atoms with Crippen molar-refractivity contribution in [3.05, 3.63) is 40.8 Å². The molecule has 0 atom stereocenters. The number of benzene rings is 1. The van der Waals surface area contributed by atoms with Crippen molar-refractivity contribution in [2.75, 3.05) is 31.1 Å². The topological polar surface area (TPSA) is 107 Å². The smallest absolute Gasteiger partial charge is 0.237 e. The molecule has 7 heteroatoms. The Morgan fingerprint density at radius 1 is 1.38 bits per heavy atom. The van der Waals surface area contributed by atoms with Crippen molar-refractivity contribution >= 4 is 11.6 Å². The second kappa shape index (κ2) is 6.97. The normalized spacial score (nSPS) is 17.0. The van der Waals surface area contributed by atoms with Gasteiger partial charge in [-0.3, -0.25) is 4.79 Å². The highest BCUT2D eigenvalue weighted by Crippen LogP contribution is 2.26. The summed E-state index contributed by atoms with van der Waals surface area (Å²) < 4.78 is 0.